The molecule has 0 aliphatic carbocycles. The molecule has 0 atom stereocenters. The number of likely N-dealkylation sites (tertiary alicyclic amines) is 1. The van der Waals surface area contributed by atoms with Gasteiger partial charge < -0.3 is 9.80 Å². The highest BCUT2D eigenvalue weighted by Crippen LogP contribution is 2.21. The van der Waals surface area contributed by atoms with Crippen LogP contribution in [0.25, 0.3) is 0 Å². The Morgan fingerprint density at radius 3 is 2.68 bits per heavy atom. The summed E-state index contributed by atoms with van der Waals surface area (Å²) in [5.41, 5.74) is 1.04. The summed E-state index contributed by atoms with van der Waals surface area (Å²) in [7, 11) is 4.34. The van der Waals surface area contributed by atoms with Crippen molar-refractivity contribution in [2.75, 3.05) is 33.7 Å². The lowest BCUT2D eigenvalue weighted by Gasteiger charge is -2.31. The van der Waals surface area contributed by atoms with Crippen molar-refractivity contribution in [2.24, 2.45) is 5.92 Å². The first kappa shape index (κ1) is 15.0. The van der Waals surface area contributed by atoms with Gasteiger partial charge in [0.15, 0.2) is 0 Å². The molecule has 1 fully saturated rings. The Kier molecular flexibility index (Phi) is 5.46. The minimum atomic E-state index is 0.451. The molecule has 2 heterocycles. The Balaban J connectivity index is 1.85. The zero-order valence-corrected chi connectivity index (χ0v) is 13.1. The summed E-state index contributed by atoms with van der Waals surface area (Å²) in [6.07, 6.45) is 4.34. The van der Waals surface area contributed by atoms with Crippen molar-refractivity contribution in [2.45, 2.75) is 19.4 Å². The van der Waals surface area contributed by atoms with Crippen molar-refractivity contribution in [3.8, 4) is 0 Å². The first-order valence-electron chi connectivity index (χ1n) is 6.71. The summed E-state index contributed by atoms with van der Waals surface area (Å²) in [5, 5.41) is 1.15. The predicted octanol–water partition coefficient (Wildman–Crippen LogP) is 3.16. The first-order chi connectivity index (χ1) is 9.04. The highest BCUT2D eigenvalue weighted by Gasteiger charge is 2.18. The van der Waals surface area contributed by atoms with Gasteiger partial charge in [-0.05, 0) is 52.0 Å². The second-order valence-corrected chi connectivity index (χ2v) is 6.34. The number of aromatic nitrogens is 1. The number of pyridine rings is 1. The average Bonchev–Trinajstić information content (AvgIpc) is 2.36. The predicted molar refractivity (Wildman–Crippen MR) is 80.8 cm³/mol. The molecule has 2 rings (SSSR count). The highest BCUT2D eigenvalue weighted by molar-refractivity contribution is 6.34. The Morgan fingerprint density at radius 2 is 2.05 bits per heavy atom. The molecule has 0 saturated carbocycles. The van der Waals surface area contributed by atoms with Crippen molar-refractivity contribution in [3.05, 3.63) is 28.0 Å². The lowest BCUT2D eigenvalue weighted by atomic mass is 9.96. The van der Waals surface area contributed by atoms with Gasteiger partial charge in [-0.3, -0.25) is 0 Å². The second-order valence-electron chi connectivity index (χ2n) is 5.54. The van der Waals surface area contributed by atoms with Crippen molar-refractivity contribution >= 4 is 23.2 Å². The summed E-state index contributed by atoms with van der Waals surface area (Å²) in [6.45, 7) is 4.37. The van der Waals surface area contributed by atoms with E-state index in [4.69, 9.17) is 23.2 Å². The van der Waals surface area contributed by atoms with Gasteiger partial charge in [0, 0.05) is 29.9 Å². The van der Waals surface area contributed by atoms with Gasteiger partial charge in [0.05, 0.1) is 0 Å². The van der Waals surface area contributed by atoms with E-state index in [0.29, 0.717) is 10.2 Å². The monoisotopic (exact) mass is 301 g/mol. The molecule has 0 unspecified atom stereocenters. The van der Waals surface area contributed by atoms with Crippen LogP contribution in [0.1, 0.15) is 18.4 Å². The smallest absolute Gasteiger partial charge is 0.130 e. The maximum Gasteiger partial charge on any atom is 0.130 e. The Hall–Kier alpha value is -0.350. The molecule has 5 heteroatoms. The van der Waals surface area contributed by atoms with Gasteiger partial charge in [0.1, 0.15) is 5.15 Å². The van der Waals surface area contributed by atoms with E-state index in [9.17, 15) is 0 Å². The van der Waals surface area contributed by atoms with Gasteiger partial charge in [-0.2, -0.15) is 0 Å². The number of hydrogen-bond acceptors (Lipinski definition) is 3. The van der Waals surface area contributed by atoms with E-state index in [0.717, 1.165) is 24.6 Å². The van der Waals surface area contributed by atoms with E-state index in [2.05, 4.69) is 28.9 Å². The minimum absolute atomic E-state index is 0.451. The quantitative estimate of drug-likeness (QED) is 0.796. The van der Waals surface area contributed by atoms with Crippen LogP contribution in [-0.2, 0) is 6.54 Å². The molecule has 1 saturated heterocycles. The molecule has 0 aromatic carbocycles. The number of hydrogen-bond donors (Lipinski definition) is 0. The number of rotatable bonds is 4. The lowest BCUT2D eigenvalue weighted by Crippen LogP contribution is -2.35. The Morgan fingerprint density at radius 1 is 1.37 bits per heavy atom. The van der Waals surface area contributed by atoms with Gasteiger partial charge in [0.2, 0.25) is 0 Å². The Bertz CT molecular complexity index is 417. The zero-order valence-electron chi connectivity index (χ0n) is 11.6. The normalized spacial score (nSPS) is 18.2. The molecule has 1 aromatic heterocycles. The molecule has 1 aliphatic heterocycles. The number of nitrogens with zero attached hydrogens (tertiary/aromatic N) is 3. The molecule has 1 aliphatic rings. The van der Waals surface area contributed by atoms with Gasteiger partial charge in [0.25, 0.3) is 0 Å². The van der Waals surface area contributed by atoms with Crippen LogP contribution in [0.2, 0.25) is 10.2 Å². The highest BCUT2D eigenvalue weighted by atomic mass is 35.5. The third kappa shape index (κ3) is 4.60. The lowest BCUT2D eigenvalue weighted by molar-refractivity contribution is 0.173. The number of piperidine rings is 1. The van der Waals surface area contributed by atoms with Crippen LogP contribution < -0.4 is 0 Å². The van der Waals surface area contributed by atoms with E-state index in [1.165, 1.54) is 25.9 Å². The van der Waals surface area contributed by atoms with Crippen LogP contribution in [0.15, 0.2) is 12.3 Å². The van der Waals surface area contributed by atoms with Gasteiger partial charge in [-0.15, -0.1) is 0 Å². The molecule has 19 heavy (non-hydrogen) atoms. The average molecular weight is 302 g/mol. The van der Waals surface area contributed by atoms with Gasteiger partial charge in [-0.1, -0.05) is 23.2 Å². The van der Waals surface area contributed by atoms with Crippen molar-refractivity contribution in [1.82, 2.24) is 14.8 Å². The fraction of sp³-hybridized carbons (Fsp3) is 0.643. The summed E-state index contributed by atoms with van der Waals surface area (Å²) < 4.78 is 0. The molecule has 0 amide bonds. The largest absolute Gasteiger partial charge is 0.306 e. The maximum atomic E-state index is 6.18. The third-order valence-corrected chi connectivity index (χ3v) is 4.30. The molecule has 1 aromatic rings. The van der Waals surface area contributed by atoms with E-state index in [-0.39, 0.29) is 0 Å². The van der Waals surface area contributed by atoms with Crippen molar-refractivity contribution < 1.29 is 0 Å². The van der Waals surface area contributed by atoms with Gasteiger partial charge >= 0.3 is 0 Å². The van der Waals surface area contributed by atoms with Crippen LogP contribution >= 0.6 is 23.2 Å². The molecular weight excluding hydrogens is 281 g/mol. The summed E-state index contributed by atoms with van der Waals surface area (Å²) in [5.74, 6) is 0.792. The van der Waals surface area contributed by atoms with E-state index < -0.39 is 0 Å². The molecule has 0 radical (unpaired) electrons. The third-order valence-electron chi connectivity index (χ3n) is 3.74. The van der Waals surface area contributed by atoms with Crippen LogP contribution in [0.4, 0.5) is 0 Å². The van der Waals surface area contributed by atoms with Crippen molar-refractivity contribution in [3.63, 3.8) is 0 Å². The molecule has 3 nitrogen and oxygen atoms in total. The second kappa shape index (κ2) is 6.89. The molecule has 0 bridgehead atoms. The summed E-state index contributed by atoms with van der Waals surface area (Å²) in [4.78, 5) is 8.82. The topological polar surface area (TPSA) is 19.4 Å². The van der Waals surface area contributed by atoms with Crippen LogP contribution in [0.5, 0.6) is 0 Å². The Labute approximate surface area is 125 Å². The summed E-state index contributed by atoms with van der Waals surface area (Å²) in [6, 6.07) is 1.71. The van der Waals surface area contributed by atoms with E-state index in [1.807, 2.05) is 0 Å². The minimum Gasteiger partial charge on any atom is -0.306 e. The maximum absolute atomic E-state index is 6.18. The van der Waals surface area contributed by atoms with E-state index >= 15 is 0 Å². The van der Waals surface area contributed by atoms with Gasteiger partial charge in [-0.25, -0.2) is 4.98 Å². The number of halogens is 2. The van der Waals surface area contributed by atoms with Crippen LogP contribution in [-0.4, -0.2) is 48.5 Å². The molecular formula is C14H21Cl2N3. The standard InChI is InChI=1S/C14H21Cl2N3/c1-18-5-3-11(4-6-18)9-19(2)10-12-8-17-14(16)7-13(12)15/h7-8,11H,3-6,9-10H2,1-2H3. The van der Waals surface area contributed by atoms with Crippen LogP contribution in [0.3, 0.4) is 0 Å². The van der Waals surface area contributed by atoms with E-state index in [1.54, 1.807) is 12.3 Å². The van der Waals surface area contributed by atoms with Crippen molar-refractivity contribution in [1.29, 1.82) is 0 Å². The molecule has 0 N–H and O–H groups in total. The SMILES string of the molecule is CN1CCC(CN(C)Cc2cnc(Cl)cc2Cl)CC1. The molecule has 0 spiro atoms. The molecule has 106 valence electrons. The first-order valence-corrected chi connectivity index (χ1v) is 7.47. The van der Waals surface area contributed by atoms with Crippen LogP contribution in [0, 0.1) is 5.92 Å². The fourth-order valence-corrected chi connectivity index (χ4v) is 3.02. The fourth-order valence-electron chi connectivity index (χ4n) is 2.59. The zero-order chi connectivity index (χ0) is 13.8. The summed E-state index contributed by atoms with van der Waals surface area (Å²) >= 11 is 12.0.